The molecular formula is C18H27NO5S. The summed E-state index contributed by atoms with van der Waals surface area (Å²) in [6.07, 6.45) is 1.21. The standard InChI is InChI=1S/C18H27NO5S/c1-18(2,3)24-17(20)19-16(13-14-9-11-23-12-10-14)25(21,22)15-7-5-4-6-8-15/h4-8,14,16H,9-13H2,1-3H3,(H,19,20). The maximum absolute atomic E-state index is 13.0. The molecule has 140 valence electrons. The third kappa shape index (κ3) is 6.01. The van der Waals surface area contributed by atoms with Crippen molar-refractivity contribution in [1.82, 2.24) is 5.32 Å². The molecule has 0 radical (unpaired) electrons. The van der Waals surface area contributed by atoms with E-state index >= 15 is 0 Å². The smallest absolute Gasteiger partial charge is 0.408 e. The van der Waals surface area contributed by atoms with E-state index in [0.29, 0.717) is 19.6 Å². The second-order valence-electron chi connectivity index (χ2n) is 7.28. The van der Waals surface area contributed by atoms with Crippen molar-refractivity contribution in [3.8, 4) is 0 Å². The first-order chi connectivity index (χ1) is 11.7. The first-order valence-corrected chi connectivity index (χ1v) is 10.1. The lowest BCUT2D eigenvalue weighted by atomic mass is 9.96. The molecule has 1 aromatic rings. The normalized spacial score (nSPS) is 17.7. The Bertz CT molecular complexity index is 660. The predicted octanol–water partition coefficient (Wildman–Crippen LogP) is 3.13. The van der Waals surface area contributed by atoms with Crippen molar-refractivity contribution in [3.05, 3.63) is 30.3 Å². The molecule has 1 N–H and O–H groups in total. The van der Waals surface area contributed by atoms with Crippen LogP contribution < -0.4 is 5.32 Å². The summed E-state index contributed by atoms with van der Waals surface area (Å²) >= 11 is 0. The fourth-order valence-electron chi connectivity index (χ4n) is 2.76. The second kappa shape index (κ2) is 8.19. The second-order valence-corrected chi connectivity index (χ2v) is 9.41. The van der Waals surface area contributed by atoms with Crippen LogP contribution >= 0.6 is 0 Å². The Morgan fingerprint density at radius 3 is 2.40 bits per heavy atom. The van der Waals surface area contributed by atoms with Gasteiger partial charge in [0.2, 0.25) is 0 Å². The molecule has 1 fully saturated rings. The maximum atomic E-state index is 13.0. The zero-order valence-electron chi connectivity index (χ0n) is 15.0. The lowest BCUT2D eigenvalue weighted by molar-refractivity contribution is 0.0483. The molecule has 0 bridgehead atoms. The molecule has 1 aromatic carbocycles. The van der Waals surface area contributed by atoms with Gasteiger partial charge in [0.15, 0.2) is 9.84 Å². The lowest BCUT2D eigenvalue weighted by Crippen LogP contribution is -2.44. The van der Waals surface area contributed by atoms with Gasteiger partial charge in [-0.25, -0.2) is 13.2 Å². The highest BCUT2D eigenvalue weighted by molar-refractivity contribution is 7.92. The fourth-order valence-corrected chi connectivity index (χ4v) is 4.40. The van der Waals surface area contributed by atoms with Gasteiger partial charge in [0.1, 0.15) is 11.0 Å². The Kier molecular flexibility index (Phi) is 6.46. The van der Waals surface area contributed by atoms with E-state index in [0.717, 1.165) is 12.8 Å². The van der Waals surface area contributed by atoms with E-state index in [1.54, 1.807) is 51.1 Å². The van der Waals surface area contributed by atoms with Crippen LogP contribution in [0.15, 0.2) is 35.2 Å². The molecule has 1 amide bonds. The molecule has 1 atom stereocenters. The van der Waals surface area contributed by atoms with Crippen molar-refractivity contribution in [1.29, 1.82) is 0 Å². The van der Waals surface area contributed by atoms with Gasteiger partial charge in [-0.2, -0.15) is 0 Å². The zero-order chi connectivity index (χ0) is 18.5. The van der Waals surface area contributed by atoms with Crippen molar-refractivity contribution in [2.75, 3.05) is 13.2 Å². The molecule has 1 aliphatic heterocycles. The molecular weight excluding hydrogens is 342 g/mol. The number of carbonyl (C=O) groups excluding carboxylic acids is 1. The summed E-state index contributed by atoms with van der Waals surface area (Å²) in [5.74, 6) is 0.187. The highest BCUT2D eigenvalue weighted by atomic mass is 32.2. The third-order valence-electron chi connectivity index (χ3n) is 4.01. The van der Waals surface area contributed by atoms with Crippen LogP contribution in [-0.4, -0.2) is 38.7 Å². The predicted molar refractivity (Wildman–Crippen MR) is 94.9 cm³/mol. The summed E-state index contributed by atoms with van der Waals surface area (Å²) in [6.45, 7) is 6.47. The van der Waals surface area contributed by atoms with Crippen LogP contribution in [-0.2, 0) is 19.3 Å². The van der Waals surface area contributed by atoms with E-state index in [1.165, 1.54) is 0 Å². The largest absolute Gasteiger partial charge is 0.444 e. The molecule has 1 aliphatic rings. The molecule has 7 heteroatoms. The third-order valence-corrected chi connectivity index (χ3v) is 6.00. The van der Waals surface area contributed by atoms with Gasteiger partial charge in [-0.05, 0) is 58.1 Å². The van der Waals surface area contributed by atoms with Gasteiger partial charge in [-0.15, -0.1) is 0 Å². The average Bonchev–Trinajstić information content (AvgIpc) is 2.54. The Morgan fingerprint density at radius 2 is 1.84 bits per heavy atom. The van der Waals surface area contributed by atoms with Gasteiger partial charge in [-0.3, -0.25) is 0 Å². The highest BCUT2D eigenvalue weighted by Gasteiger charge is 2.33. The van der Waals surface area contributed by atoms with Crippen LogP contribution in [0.2, 0.25) is 0 Å². The van der Waals surface area contributed by atoms with Crippen molar-refractivity contribution < 1.29 is 22.7 Å². The number of carbonyl (C=O) groups is 1. The van der Waals surface area contributed by atoms with E-state index in [1.807, 2.05) is 0 Å². The molecule has 0 aromatic heterocycles. The maximum Gasteiger partial charge on any atom is 0.408 e. The monoisotopic (exact) mass is 369 g/mol. The Balaban J connectivity index is 2.20. The van der Waals surface area contributed by atoms with Crippen LogP contribution in [0.3, 0.4) is 0 Å². The van der Waals surface area contributed by atoms with E-state index < -0.39 is 26.9 Å². The molecule has 1 saturated heterocycles. The minimum Gasteiger partial charge on any atom is -0.444 e. The summed E-state index contributed by atoms with van der Waals surface area (Å²) in [5, 5.41) is 1.55. The first kappa shape index (κ1) is 19.7. The van der Waals surface area contributed by atoms with Crippen molar-refractivity contribution in [2.24, 2.45) is 5.92 Å². The summed E-state index contributed by atoms with van der Waals surface area (Å²) in [7, 11) is -3.70. The fraction of sp³-hybridized carbons (Fsp3) is 0.611. The highest BCUT2D eigenvalue weighted by Crippen LogP contribution is 2.26. The van der Waals surface area contributed by atoms with E-state index in [-0.39, 0.29) is 10.8 Å². The number of ether oxygens (including phenoxy) is 2. The molecule has 0 saturated carbocycles. The molecule has 25 heavy (non-hydrogen) atoms. The van der Waals surface area contributed by atoms with Gasteiger partial charge in [-0.1, -0.05) is 18.2 Å². The van der Waals surface area contributed by atoms with Crippen LogP contribution in [0.1, 0.15) is 40.0 Å². The number of benzene rings is 1. The van der Waals surface area contributed by atoms with Gasteiger partial charge in [0, 0.05) is 13.2 Å². The van der Waals surface area contributed by atoms with Gasteiger partial charge in [0.05, 0.1) is 4.90 Å². The van der Waals surface area contributed by atoms with E-state index in [2.05, 4.69) is 5.32 Å². The van der Waals surface area contributed by atoms with Gasteiger partial charge in [0.25, 0.3) is 0 Å². The first-order valence-electron chi connectivity index (χ1n) is 8.55. The van der Waals surface area contributed by atoms with E-state index in [4.69, 9.17) is 9.47 Å². The quantitative estimate of drug-likeness (QED) is 0.862. The van der Waals surface area contributed by atoms with Crippen LogP contribution in [0.25, 0.3) is 0 Å². The molecule has 2 rings (SSSR count). The summed E-state index contributed by atoms with van der Waals surface area (Å²) in [6, 6.07) is 8.19. The number of alkyl carbamates (subject to hydrolysis) is 1. The summed E-state index contributed by atoms with van der Waals surface area (Å²) in [4.78, 5) is 12.4. The Morgan fingerprint density at radius 1 is 1.24 bits per heavy atom. The number of rotatable bonds is 5. The topological polar surface area (TPSA) is 81.7 Å². The molecule has 1 heterocycles. The average molecular weight is 369 g/mol. The molecule has 6 nitrogen and oxygen atoms in total. The number of amides is 1. The molecule has 0 spiro atoms. The van der Waals surface area contributed by atoms with Gasteiger partial charge >= 0.3 is 6.09 Å². The molecule has 1 unspecified atom stereocenters. The molecule has 0 aliphatic carbocycles. The van der Waals surface area contributed by atoms with Gasteiger partial charge < -0.3 is 14.8 Å². The van der Waals surface area contributed by atoms with Crippen molar-refractivity contribution in [2.45, 2.75) is 55.9 Å². The Hall–Kier alpha value is -1.60. The zero-order valence-corrected chi connectivity index (χ0v) is 15.8. The van der Waals surface area contributed by atoms with Crippen LogP contribution in [0, 0.1) is 5.92 Å². The number of hydrogen-bond donors (Lipinski definition) is 1. The minimum atomic E-state index is -3.70. The van der Waals surface area contributed by atoms with Crippen LogP contribution in [0.4, 0.5) is 4.79 Å². The SMILES string of the molecule is CC(C)(C)OC(=O)NC(CC1CCOCC1)S(=O)(=O)c1ccccc1. The lowest BCUT2D eigenvalue weighted by Gasteiger charge is -2.28. The van der Waals surface area contributed by atoms with Crippen molar-refractivity contribution >= 4 is 15.9 Å². The number of hydrogen-bond acceptors (Lipinski definition) is 5. The van der Waals surface area contributed by atoms with Crippen molar-refractivity contribution in [3.63, 3.8) is 0 Å². The summed E-state index contributed by atoms with van der Waals surface area (Å²) < 4.78 is 36.6. The van der Waals surface area contributed by atoms with Crippen LogP contribution in [0.5, 0.6) is 0 Å². The van der Waals surface area contributed by atoms with E-state index in [9.17, 15) is 13.2 Å². The Labute approximate surface area is 149 Å². The number of sulfone groups is 1. The number of nitrogens with one attached hydrogen (secondary N) is 1. The minimum absolute atomic E-state index is 0.187. The summed E-state index contributed by atoms with van der Waals surface area (Å²) in [5.41, 5.74) is -0.691.